The third-order valence-corrected chi connectivity index (χ3v) is 4.23. The van der Waals surface area contributed by atoms with E-state index in [1.54, 1.807) is 12.1 Å². The first-order valence-corrected chi connectivity index (χ1v) is 7.50. The van der Waals surface area contributed by atoms with Gasteiger partial charge in [0.25, 0.3) is 0 Å². The van der Waals surface area contributed by atoms with Crippen LogP contribution in [-0.2, 0) is 0 Å². The summed E-state index contributed by atoms with van der Waals surface area (Å²) < 4.78 is 17.4. The maximum absolute atomic E-state index is 13.0. The topological polar surface area (TPSA) is 48.7 Å². The van der Waals surface area contributed by atoms with Gasteiger partial charge in [0.15, 0.2) is 11.5 Å². The minimum absolute atomic E-state index is 0.0463. The molecule has 0 aliphatic carbocycles. The van der Waals surface area contributed by atoms with Crippen LogP contribution < -0.4 is 14.9 Å². The molecule has 23 heavy (non-hydrogen) atoms. The second-order valence-electron chi connectivity index (χ2n) is 5.55. The van der Waals surface area contributed by atoms with E-state index in [1.807, 2.05) is 36.4 Å². The maximum atomic E-state index is 13.0. The largest absolute Gasteiger partial charge is 0.486 e. The first-order chi connectivity index (χ1) is 11.3. The van der Waals surface area contributed by atoms with Crippen molar-refractivity contribution in [2.75, 3.05) is 13.2 Å². The average molecular weight is 304 g/mol. The molecule has 1 aliphatic heterocycles. The lowest BCUT2D eigenvalue weighted by Gasteiger charge is -2.20. The summed E-state index contributed by atoms with van der Waals surface area (Å²) in [6.07, 6.45) is 0. The summed E-state index contributed by atoms with van der Waals surface area (Å²) in [6, 6.07) is 14.9. The molecule has 0 fully saturated rings. The van der Waals surface area contributed by atoms with E-state index in [4.69, 9.17) is 13.9 Å². The standard InChI is InChI=1S/C19H12O4/c20-18-12-3-1-2-4-13(12)23-14-7-5-11-6-8-15-19(16(11)17(14)18)22-10-9-21-15/h1-8H,9-10H2. The van der Waals surface area contributed by atoms with Crippen LogP contribution in [0.1, 0.15) is 0 Å². The molecule has 0 N–H and O–H groups in total. The highest BCUT2D eigenvalue weighted by atomic mass is 16.6. The smallest absolute Gasteiger partial charge is 0.201 e. The monoisotopic (exact) mass is 304 g/mol. The van der Waals surface area contributed by atoms with Gasteiger partial charge in [-0.3, -0.25) is 4.79 Å². The van der Waals surface area contributed by atoms with Crippen molar-refractivity contribution >= 4 is 32.7 Å². The summed E-state index contributed by atoms with van der Waals surface area (Å²) in [4.78, 5) is 13.0. The maximum Gasteiger partial charge on any atom is 0.201 e. The normalized spacial score (nSPS) is 13.7. The summed E-state index contributed by atoms with van der Waals surface area (Å²) in [6.45, 7) is 0.988. The molecule has 0 saturated heterocycles. The van der Waals surface area contributed by atoms with Crippen LogP contribution in [0.15, 0.2) is 57.7 Å². The molecule has 1 aliphatic rings. The highest BCUT2D eigenvalue weighted by Gasteiger charge is 2.20. The number of hydrogen-bond acceptors (Lipinski definition) is 4. The molecular weight excluding hydrogens is 292 g/mol. The van der Waals surface area contributed by atoms with Crippen molar-refractivity contribution in [2.24, 2.45) is 0 Å². The molecule has 4 heteroatoms. The zero-order valence-electron chi connectivity index (χ0n) is 12.2. The van der Waals surface area contributed by atoms with Crippen molar-refractivity contribution < 1.29 is 13.9 Å². The number of hydrogen-bond donors (Lipinski definition) is 0. The number of rotatable bonds is 0. The van der Waals surface area contributed by atoms with Crippen LogP contribution in [0.3, 0.4) is 0 Å². The Morgan fingerprint density at radius 3 is 2.57 bits per heavy atom. The molecule has 0 unspecified atom stereocenters. The van der Waals surface area contributed by atoms with E-state index in [1.165, 1.54) is 0 Å². The molecule has 4 aromatic rings. The third-order valence-electron chi connectivity index (χ3n) is 4.23. The molecule has 2 heterocycles. The zero-order chi connectivity index (χ0) is 15.4. The molecule has 1 aromatic heterocycles. The zero-order valence-corrected chi connectivity index (χ0v) is 12.2. The average Bonchev–Trinajstić information content (AvgIpc) is 2.61. The Morgan fingerprint density at radius 1 is 0.783 bits per heavy atom. The second-order valence-corrected chi connectivity index (χ2v) is 5.55. The molecule has 0 atom stereocenters. The summed E-state index contributed by atoms with van der Waals surface area (Å²) in [5.41, 5.74) is 1.10. The Bertz CT molecular complexity index is 1140. The number of ether oxygens (including phenoxy) is 2. The quantitative estimate of drug-likeness (QED) is 0.365. The van der Waals surface area contributed by atoms with Crippen LogP contribution in [-0.4, -0.2) is 13.2 Å². The molecular formula is C19H12O4. The first-order valence-electron chi connectivity index (χ1n) is 7.50. The first kappa shape index (κ1) is 12.5. The van der Waals surface area contributed by atoms with Gasteiger partial charge in [0.1, 0.15) is 24.4 Å². The Kier molecular flexibility index (Phi) is 2.45. The lowest BCUT2D eigenvalue weighted by Crippen LogP contribution is -2.16. The summed E-state index contributed by atoms with van der Waals surface area (Å²) >= 11 is 0. The van der Waals surface area contributed by atoms with Crippen LogP contribution in [0.4, 0.5) is 0 Å². The van der Waals surface area contributed by atoms with Crippen molar-refractivity contribution in [3.05, 3.63) is 58.8 Å². The summed E-state index contributed by atoms with van der Waals surface area (Å²) in [5, 5.41) is 2.81. The van der Waals surface area contributed by atoms with Gasteiger partial charge >= 0.3 is 0 Å². The molecule has 0 amide bonds. The highest BCUT2D eigenvalue weighted by Crippen LogP contribution is 2.40. The predicted molar refractivity (Wildman–Crippen MR) is 88.5 cm³/mol. The molecule has 5 rings (SSSR count). The van der Waals surface area contributed by atoms with Gasteiger partial charge < -0.3 is 13.9 Å². The minimum Gasteiger partial charge on any atom is -0.486 e. The minimum atomic E-state index is -0.0463. The van der Waals surface area contributed by atoms with Gasteiger partial charge in [0.2, 0.25) is 5.43 Å². The molecule has 0 bridgehead atoms. The van der Waals surface area contributed by atoms with Gasteiger partial charge in [-0.1, -0.05) is 24.3 Å². The predicted octanol–water partition coefficient (Wildman–Crippen LogP) is 3.87. The number of para-hydroxylation sites is 1. The van der Waals surface area contributed by atoms with Crippen molar-refractivity contribution in [1.82, 2.24) is 0 Å². The molecule has 4 nitrogen and oxygen atoms in total. The van der Waals surface area contributed by atoms with Gasteiger partial charge in [-0.2, -0.15) is 0 Å². The fourth-order valence-corrected chi connectivity index (χ4v) is 3.21. The molecule has 0 radical (unpaired) electrons. The van der Waals surface area contributed by atoms with E-state index in [0.29, 0.717) is 46.7 Å². The van der Waals surface area contributed by atoms with Gasteiger partial charge in [0.05, 0.1) is 10.8 Å². The Hall–Kier alpha value is -3.01. The van der Waals surface area contributed by atoms with Crippen LogP contribution in [0.2, 0.25) is 0 Å². The van der Waals surface area contributed by atoms with Crippen LogP contribution in [0.5, 0.6) is 11.5 Å². The second kappa shape index (κ2) is 4.49. The van der Waals surface area contributed by atoms with E-state index in [-0.39, 0.29) is 5.43 Å². The number of fused-ring (bicyclic) bond motifs is 6. The van der Waals surface area contributed by atoms with E-state index < -0.39 is 0 Å². The molecule has 0 saturated carbocycles. The Morgan fingerprint density at radius 2 is 1.61 bits per heavy atom. The van der Waals surface area contributed by atoms with E-state index in [0.717, 1.165) is 10.8 Å². The van der Waals surface area contributed by atoms with Gasteiger partial charge in [-0.25, -0.2) is 0 Å². The van der Waals surface area contributed by atoms with Gasteiger partial charge in [-0.05, 0) is 29.7 Å². The van der Waals surface area contributed by atoms with Crippen molar-refractivity contribution in [3.63, 3.8) is 0 Å². The van der Waals surface area contributed by atoms with Crippen LogP contribution in [0, 0.1) is 0 Å². The van der Waals surface area contributed by atoms with E-state index in [9.17, 15) is 4.79 Å². The van der Waals surface area contributed by atoms with Gasteiger partial charge in [0, 0.05) is 5.39 Å². The van der Waals surface area contributed by atoms with E-state index >= 15 is 0 Å². The lowest BCUT2D eigenvalue weighted by atomic mass is 10.0. The van der Waals surface area contributed by atoms with Gasteiger partial charge in [-0.15, -0.1) is 0 Å². The van der Waals surface area contributed by atoms with Crippen molar-refractivity contribution in [2.45, 2.75) is 0 Å². The lowest BCUT2D eigenvalue weighted by molar-refractivity contribution is 0.174. The van der Waals surface area contributed by atoms with E-state index in [2.05, 4.69) is 0 Å². The fourth-order valence-electron chi connectivity index (χ4n) is 3.21. The Balaban J connectivity index is 2.06. The fraction of sp³-hybridized carbons (Fsp3) is 0.105. The molecule has 112 valence electrons. The molecule has 0 spiro atoms. The van der Waals surface area contributed by atoms with Crippen LogP contribution >= 0.6 is 0 Å². The van der Waals surface area contributed by atoms with Crippen molar-refractivity contribution in [1.29, 1.82) is 0 Å². The highest BCUT2D eigenvalue weighted by molar-refractivity contribution is 6.12. The summed E-state index contributed by atoms with van der Waals surface area (Å²) in [5.74, 6) is 1.30. The Labute approximate surface area is 130 Å². The number of benzene rings is 3. The summed E-state index contributed by atoms with van der Waals surface area (Å²) in [7, 11) is 0. The SMILES string of the molecule is O=c1c2ccccc2oc2ccc3ccc4c(c3c12)OCCO4. The third kappa shape index (κ3) is 1.69. The molecule has 3 aromatic carbocycles. The van der Waals surface area contributed by atoms with Crippen LogP contribution in [0.25, 0.3) is 32.7 Å². The van der Waals surface area contributed by atoms with Crippen molar-refractivity contribution in [3.8, 4) is 11.5 Å².